The maximum absolute atomic E-state index is 12.7. The van der Waals surface area contributed by atoms with Crippen molar-refractivity contribution in [2.45, 2.75) is 18.2 Å². The van der Waals surface area contributed by atoms with Crippen molar-refractivity contribution in [1.82, 2.24) is 9.21 Å². The Hall–Kier alpha value is -2.18. The Bertz CT molecular complexity index is 800. The van der Waals surface area contributed by atoms with Crippen LogP contribution < -0.4 is 0 Å². The summed E-state index contributed by atoms with van der Waals surface area (Å²) in [5, 5.41) is 0. The van der Waals surface area contributed by atoms with E-state index < -0.39 is 10.0 Å². The molecule has 0 saturated carbocycles. The van der Waals surface area contributed by atoms with Crippen molar-refractivity contribution in [3.05, 3.63) is 65.7 Å². The molecular formula is C19H24N2O3S. The van der Waals surface area contributed by atoms with Crippen LogP contribution in [0.2, 0.25) is 0 Å². The van der Waals surface area contributed by atoms with Gasteiger partial charge in [0.05, 0.1) is 4.90 Å². The van der Waals surface area contributed by atoms with Crippen LogP contribution in [0, 0.1) is 0 Å². The summed E-state index contributed by atoms with van der Waals surface area (Å²) in [6, 6.07) is 16.1. The Morgan fingerprint density at radius 1 is 0.960 bits per heavy atom. The van der Waals surface area contributed by atoms with E-state index in [1.165, 1.54) is 31.8 Å². The summed E-state index contributed by atoms with van der Waals surface area (Å²) in [5.41, 5.74) is 1.67. The molecule has 5 nitrogen and oxygen atoms in total. The fraction of sp³-hybridized carbons (Fsp3) is 0.316. The van der Waals surface area contributed by atoms with Gasteiger partial charge in [-0.1, -0.05) is 30.3 Å². The fourth-order valence-electron chi connectivity index (χ4n) is 2.47. The van der Waals surface area contributed by atoms with E-state index in [4.69, 9.17) is 0 Å². The van der Waals surface area contributed by atoms with Crippen molar-refractivity contribution in [1.29, 1.82) is 0 Å². The first kappa shape index (κ1) is 19.1. The number of likely N-dealkylation sites (N-methyl/N-ethyl adjacent to an activating group) is 1. The molecule has 0 unspecified atom stereocenters. The highest BCUT2D eigenvalue weighted by atomic mass is 32.2. The van der Waals surface area contributed by atoms with Gasteiger partial charge in [0.25, 0.3) is 5.91 Å². The fourth-order valence-corrected chi connectivity index (χ4v) is 3.38. The average Bonchev–Trinajstić information content (AvgIpc) is 2.63. The van der Waals surface area contributed by atoms with Gasteiger partial charge in [0.2, 0.25) is 10.0 Å². The summed E-state index contributed by atoms with van der Waals surface area (Å²) in [4.78, 5) is 14.6. The standard InChI is InChI=1S/C19H24N2O3S/c1-4-21(15-14-16-8-6-5-7-9-16)19(22)17-10-12-18(13-11-17)25(23,24)20(2)3/h5-13H,4,14-15H2,1-3H3. The van der Waals surface area contributed by atoms with Gasteiger partial charge in [0.1, 0.15) is 0 Å². The molecule has 6 heteroatoms. The van der Waals surface area contributed by atoms with Crippen LogP contribution in [0.1, 0.15) is 22.8 Å². The van der Waals surface area contributed by atoms with E-state index >= 15 is 0 Å². The first-order chi connectivity index (χ1) is 11.9. The van der Waals surface area contributed by atoms with Crippen LogP contribution >= 0.6 is 0 Å². The van der Waals surface area contributed by atoms with Gasteiger partial charge in [-0.25, -0.2) is 12.7 Å². The predicted octanol–water partition coefficient (Wildman–Crippen LogP) is 2.64. The molecule has 2 aromatic carbocycles. The molecular weight excluding hydrogens is 336 g/mol. The number of carbonyl (C=O) groups excluding carboxylic acids is 1. The number of amides is 1. The van der Waals surface area contributed by atoms with Crippen molar-refractivity contribution < 1.29 is 13.2 Å². The maximum atomic E-state index is 12.7. The predicted molar refractivity (Wildman–Crippen MR) is 99.0 cm³/mol. The van der Waals surface area contributed by atoms with Crippen LogP contribution in [0.15, 0.2) is 59.5 Å². The molecule has 0 bridgehead atoms. The summed E-state index contributed by atoms with van der Waals surface area (Å²) in [6.45, 7) is 3.16. The molecule has 0 aliphatic heterocycles. The normalized spacial score (nSPS) is 11.5. The van der Waals surface area contributed by atoms with Gasteiger partial charge in [-0.05, 0) is 43.2 Å². The number of carbonyl (C=O) groups is 1. The summed E-state index contributed by atoms with van der Waals surface area (Å²) < 4.78 is 25.3. The number of nitrogens with zero attached hydrogens (tertiary/aromatic N) is 2. The van der Waals surface area contributed by atoms with Crippen molar-refractivity contribution in [2.75, 3.05) is 27.2 Å². The number of hydrogen-bond donors (Lipinski definition) is 0. The SMILES string of the molecule is CCN(CCc1ccccc1)C(=O)c1ccc(S(=O)(=O)N(C)C)cc1. The Morgan fingerprint density at radius 2 is 1.56 bits per heavy atom. The van der Waals surface area contributed by atoms with Crippen LogP contribution in [0.5, 0.6) is 0 Å². The van der Waals surface area contributed by atoms with Gasteiger partial charge in [0, 0.05) is 32.7 Å². The van der Waals surface area contributed by atoms with Gasteiger partial charge in [-0.3, -0.25) is 4.79 Å². The number of sulfonamides is 1. The largest absolute Gasteiger partial charge is 0.339 e. The third-order valence-corrected chi connectivity index (χ3v) is 5.89. The molecule has 134 valence electrons. The van der Waals surface area contributed by atoms with Gasteiger partial charge in [-0.2, -0.15) is 0 Å². The second-order valence-electron chi connectivity index (χ2n) is 5.93. The van der Waals surface area contributed by atoms with Gasteiger partial charge in [-0.15, -0.1) is 0 Å². The van der Waals surface area contributed by atoms with Gasteiger partial charge >= 0.3 is 0 Å². The van der Waals surface area contributed by atoms with Crippen molar-refractivity contribution >= 4 is 15.9 Å². The smallest absolute Gasteiger partial charge is 0.253 e. The molecule has 0 aromatic heterocycles. The minimum atomic E-state index is -3.48. The van der Waals surface area contributed by atoms with Crippen molar-refractivity contribution in [3.8, 4) is 0 Å². The second kappa shape index (κ2) is 8.27. The first-order valence-corrected chi connectivity index (χ1v) is 9.66. The zero-order chi connectivity index (χ0) is 18.4. The molecule has 0 N–H and O–H groups in total. The Kier molecular flexibility index (Phi) is 6.33. The van der Waals surface area contributed by atoms with Crippen LogP contribution in [0.3, 0.4) is 0 Å². The number of rotatable bonds is 7. The molecule has 0 fully saturated rings. The maximum Gasteiger partial charge on any atom is 0.253 e. The lowest BCUT2D eigenvalue weighted by Gasteiger charge is -2.21. The van der Waals surface area contributed by atoms with E-state index in [0.717, 1.165) is 10.7 Å². The Morgan fingerprint density at radius 3 is 2.08 bits per heavy atom. The Labute approximate surface area is 149 Å². The Balaban J connectivity index is 2.10. The minimum Gasteiger partial charge on any atom is -0.339 e. The monoisotopic (exact) mass is 360 g/mol. The first-order valence-electron chi connectivity index (χ1n) is 8.22. The highest BCUT2D eigenvalue weighted by Gasteiger charge is 2.19. The van der Waals surface area contributed by atoms with Gasteiger partial charge in [0.15, 0.2) is 0 Å². The van der Waals surface area contributed by atoms with Crippen molar-refractivity contribution in [2.24, 2.45) is 0 Å². The minimum absolute atomic E-state index is 0.0905. The quantitative estimate of drug-likeness (QED) is 0.763. The molecule has 0 heterocycles. The summed E-state index contributed by atoms with van der Waals surface area (Å²) in [5.74, 6) is -0.0905. The lowest BCUT2D eigenvalue weighted by Crippen LogP contribution is -2.32. The number of benzene rings is 2. The third-order valence-electron chi connectivity index (χ3n) is 4.06. The molecule has 0 saturated heterocycles. The second-order valence-corrected chi connectivity index (χ2v) is 8.08. The average molecular weight is 360 g/mol. The molecule has 25 heavy (non-hydrogen) atoms. The highest BCUT2D eigenvalue weighted by molar-refractivity contribution is 7.89. The lowest BCUT2D eigenvalue weighted by atomic mass is 10.1. The topological polar surface area (TPSA) is 57.7 Å². The molecule has 2 aromatic rings. The zero-order valence-electron chi connectivity index (χ0n) is 14.8. The van der Waals surface area contributed by atoms with Crippen molar-refractivity contribution in [3.63, 3.8) is 0 Å². The van der Waals surface area contributed by atoms with Crippen LogP contribution in [0.4, 0.5) is 0 Å². The summed E-state index contributed by atoms with van der Waals surface area (Å²) >= 11 is 0. The molecule has 0 radical (unpaired) electrons. The van der Waals surface area contributed by atoms with Gasteiger partial charge < -0.3 is 4.90 Å². The lowest BCUT2D eigenvalue weighted by molar-refractivity contribution is 0.0766. The van der Waals surface area contributed by atoms with Crippen LogP contribution in [-0.4, -0.2) is 50.7 Å². The van der Waals surface area contributed by atoms with E-state index in [9.17, 15) is 13.2 Å². The van der Waals surface area contributed by atoms with E-state index in [0.29, 0.717) is 18.7 Å². The molecule has 0 spiro atoms. The third kappa shape index (κ3) is 4.67. The molecule has 0 aliphatic rings. The molecule has 2 rings (SSSR count). The molecule has 0 aliphatic carbocycles. The zero-order valence-corrected chi connectivity index (χ0v) is 15.7. The van der Waals surface area contributed by atoms with E-state index in [-0.39, 0.29) is 10.8 Å². The van der Waals surface area contributed by atoms with E-state index in [2.05, 4.69) is 0 Å². The number of hydrogen-bond acceptors (Lipinski definition) is 3. The van der Waals surface area contributed by atoms with E-state index in [1.807, 2.05) is 37.3 Å². The van der Waals surface area contributed by atoms with Crippen LogP contribution in [-0.2, 0) is 16.4 Å². The van der Waals surface area contributed by atoms with Crippen LogP contribution in [0.25, 0.3) is 0 Å². The molecule has 1 amide bonds. The summed E-state index contributed by atoms with van der Waals surface area (Å²) in [7, 11) is -0.517. The van der Waals surface area contributed by atoms with E-state index in [1.54, 1.807) is 17.0 Å². The summed E-state index contributed by atoms with van der Waals surface area (Å²) in [6.07, 6.45) is 0.785. The molecule has 0 atom stereocenters. The highest BCUT2D eigenvalue weighted by Crippen LogP contribution is 2.15.